The fourth-order valence-corrected chi connectivity index (χ4v) is 3.47. The first kappa shape index (κ1) is 15.3. The van der Waals surface area contributed by atoms with Crippen LogP contribution in [0.2, 0.25) is 0 Å². The highest BCUT2D eigenvalue weighted by Gasteiger charge is 2.41. The van der Waals surface area contributed by atoms with Crippen molar-refractivity contribution in [3.05, 3.63) is 0 Å². The fourth-order valence-electron chi connectivity index (χ4n) is 3.47. The third-order valence-electron chi connectivity index (χ3n) is 4.82. The molecule has 0 spiro atoms. The molecule has 1 saturated heterocycles. The second-order valence-electron chi connectivity index (χ2n) is 6.30. The van der Waals surface area contributed by atoms with Crippen LogP contribution in [0.1, 0.15) is 65.2 Å². The Bertz CT molecular complexity index is 350. The van der Waals surface area contributed by atoms with Gasteiger partial charge in [-0.25, -0.2) is 0 Å². The molecule has 114 valence electrons. The van der Waals surface area contributed by atoms with Crippen LogP contribution in [0, 0.1) is 5.92 Å². The Morgan fingerprint density at radius 3 is 2.50 bits per heavy atom. The van der Waals surface area contributed by atoms with E-state index in [1.807, 2.05) is 11.8 Å². The van der Waals surface area contributed by atoms with Crippen LogP contribution >= 0.6 is 0 Å². The van der Waals surface area contributed by atoms with Crippen LogP contribution in [0.15, 0.2) is 0 Å². The molecule has 0 radical (unpaired) electrons. The summed E-state index contributed by atoms with van der Waals surface area (Å²) in [6.07, 6.45) is 9.05. The van der Waals surface area contributed by atoms with Crippen molar-refractivity contribution in [1.82, 2.24) is 10.2 Å². The lowest BCUT2D eigenvalue weighted by atomic mass is 9.82. The number of unbranched alkanes of at least 4 members (excludes halogenated alkanes) is 2. The summed E-state index contributed by atoms with van der Waals surface area (Å²) in [6.45, 7) is 4.72. The lowest BCUT2D eigenvalue weighted by Crippen LogP contribution is -2.64. The summed E-state index contributed by atoms with van der Waals surface area (Å²) < 4.78 is 0. The first-order valence-electron chi connectivity index (χ1n) is 8.26. The molecule has 0 aromatic heterocycles. The number of piperazine rings is 1. The van der Waals surface area contributed by atoms with Crippen molar-refractivity contribution in [1.29, 1.82) is 0 Å². The Morgan fingerprint density at radius 1 is 1.15 bits per heavy atom. The maximum Gasteiger partial charge on any atom is 0.246 e. The van der Waals surface area contributed by atoms with Crippen LogP contribution in [-0.2, 0) is 9.59 Å². The van der Waals surface area contributed by atoms with Gasteiger partial charge in [-0.1, -0.05) is 39.0 Å². The molecule has 2 unspecified atom stereocenters. The summed E-state index contributed by atoms with van der Waals surface area (Å²) in [4.78, 5) is 26.6. The normalized spacial score (nSPS) is 28.6. The SMILES string of the molecule is CCCCCN1C(=O)C(C2CCCCC2)NC(=O)C1C. The van der Waals surface area contributed by atoms with Crippen molar-refractivity contribution >= 4 is 11.8 Å². The van der Waals surface area contributed by atoms with Crippen molar-refractivity contribution in [2.24, 2.45) is 5.92 Å². The van der Waals surface area contributed by atoms with E-state index in [9.17, 15) is 9.59 Å². The molecule has 4 heteroatoms. The Hall–Kier alpha value is -1.06. The van der Waals surface area contributed by atoms with Gasteiger partial charge in [0.25, 0.3) is 0 Å². The van der Waals surface area contributed by atoms with Crippen molar-refractivity contribution < 1.29 is 9.59 Å². The Balaban J connectivity index is 2.02. The molecule has 0 bridgehead atoms. The van der Waals surface area contributed by atoms with Gasteiger partial charge in [0.15, 0.2) is 0 Å². The average molecular weight is 280 g/mol. The van der Waals surface area contributed by atoms with Crippen LogP contribution in [0.4, 0.5) is 0 Å². The minimum Gasteiger partial charge on any atom is -0.342 e. The minimum absolute atomic E-state index is 0.0247. The third-order valence-corrected chi connectivity index (χ3v) is 4.82. The fraction of sp³-hybridized carbons (Fsp3) is 0.875. The van der Waals surface area contributed by atoms with E-state index in [1.54, 1.807) is 0 Å². The number of nitrogens with zero attached hydrogens (tertiary/aromatic N) is 1. The van der Waals surface area contributed by atoms with Gasteiger partial charge in [0.2, 0.25) is 11.8 Å². The smallest absolute Gasteiger partial charge is 0.246 e. The van der Waals surface area contributed by atoms with Crippen molar-refractivity contribution in [3.63, 3.8) is 0 Å². The molecule has 1 saturated carbocycles. The molecule has 2 amide bonds. The largest absolute Gasteiger partial charge is 0.342 e. The van der Waals surface area contributed by atoms with E-state index >= 15 is 0 Å². The lowest BCUT2D eigenvalue weighted by Gasteiger charge is -2.41. The van der Waals surface area contributed by atoms with Gasteiger partial charge in [0.05, 0.1) is 0 Å². The van der Waals surface area contributed by atoms with Crippen molar-refractivity contribution in [2.45, 2.75) is 77.3 Å². The molecule has 2 rings (SSSR count). The molecule has 1 heterocycles. The topological polar surface area (TPSA) is 49.4 Å². The van der Waals surface area contributed by atoms with Gasteiger partial charge in [0.1, 0.15) is 12.1 Å². The van der Waals surface area contributed by atoms with E-state index in [2.05, 4.69) is 12.2 Å². The third kappa shape index (κ3) is 3.33. The Kier molecular flexibility index (Phi) is 5.44. The summed E-state index contributed by atoms with van der Waals surface area (Å²) in [7, 11) is 0. The van der Waals surface area contributed by atoms with Crippen LogP contribution in [0.5, 0.6) is 0 Å². The summed E-state index contributed by atoms with van der Waals surface area (Å²) >= 11 is 0. The van der Waals surface area contributed by atoms with E-state index in [1.165, 1.54) is 19.3 Å². The number of hydrogen-bond donors (Lipinski definition) is 1. The molecule has 0 aromatic rings. The lowest BCUT2D eigenvalue weighted by molar-refractivity contribution is -0.150. The quantitative estimate of drug-likeness (QED) is 0.787. The summed E-state index contributed by atoms with van der Waals surface area (Å²) in [5.41, 5.74) is 0. The van der Waals surface area contributed by atoms with E-state index in [0.717, 1.165) is 38.6 Å². The average Bonchev–Trinajstić information content (AvgIpc) is 2.47. The van der Waals surface area contributed by atoms with Crippen LogP contribution in [0.25, 0.3) is 0 Å². The summed E-state index contributed by atoms with van der Waals surface area (Å²) in [5, 5.41) is 2.98. The highest BCUT2D eigenvalue weighted by molar-refractivity contribution is 5.96. The zero-order valence-corrected chi connectivity index (χ0v) is 12.9. The predicted octanol–water partition coefficient (Wildman–Crippen LogP) is 2.47. The second kappa shape index (κ2) is 7.09. The second-order valence-corrected chi connectivity index (χ2v) is 6.30. The molecule has 2 aliphatic rings. The summed E-state index contributed by atoms with van der Waals surface area (Å²) in [5.74, 6) is 0.526. The molecule has 4 nitrogen and oxygen atoms in total. The Morgan fingerprint density at radius 2 is 1.85 bits per heavy atom. The molecule has 1 aliphatic carbocycles. The Labute approximate surface area is 122 Å². The zero-order chi connectivity index (χ0) is 14.5. The number of nitrogens with one attached hydrogen (secondary N) is 1. The van der Waals surface area contributed by atoms with Crippen molar-refractivity contribution in [2.75, 3.05) is 6.54 Å². The molecule has 2 atom stereocenters. The van der Waals surface area contributed by atoms with Gasteiger partial charge in [-0.15, -0.1) is 0 Å². The highest BCUT2D eigenvalue weighted by atomic mass is 16.2. The maximum absolute atomic E-state index is 12.7. The monoisotopic (exact) mass is 280 g/mol. The number of amides is 2. The van der Waals surface area contributed by atoms with Gasteiger partial charge in [-0.3, -0.25) is 9.59 Å². The van der Waals surface area contributed by atoms with Crippen LogP contribution in [0.3, 0.4) is 0 Å². The van der Waals surface area contributed by atoms with Gasteiger partial charge in [0, 0.05) is 6.54 Å². The first-order chi connectivity index (χ1) is 9.65. The predicted molar refractivity (Wildman–Crippen MR) is 79.2 cm³/mol. The number of hydrogen-bond acceptors (Lipinski definition) is 2. The molecule has 1 N–H and O–H groups in total. The van der Waals surface area contributed by atoms with Crippen molar-refractivity contribution in [3.8, 4) is 0 Å². The standard InChI is InChI=1S/C16H28N2O2/c1-3-4-8-11-18-12(2)15(19)17-14(16(18)20)13-9-6-5-7-10-13/h12-14H,3-11H2,1-2H3,(H,17,19). The minimum atomic E-state index is -0.306. The van der Waals surface area contributed by atoms with Gasteiger partial charge in [-0.05, 0) is 32.1 Å². The van der Waals surface area contributed by atoms with Gasteiger partial charge >= 0.3 is 0 Å². The summed E-state index contributed by atoms with van der Waals surface area (Å²) in [6, 6.07) is -0.570. The first-order valence-corrected chi connectivity index (χ1v) is 8.26. The molecule has 1 aliphatic heterocycles. The van der Waals surface area contributed by atoms with E-state index in [-0.39, 0.29) is 23.9 Å². The maximum atomic E-state index is 12.7. The molecule has 0 aromatic carbocycles. The van der Waals surface area contributed by atoms with E-state index in [0.29, 0.717) is 5.92 Å². The van der Waals surface area contributed by atoms with Gasteiger partial charge in [-0.2, -0.15) is 0 Å². The number of carbonyl (C=O) groups excluding carboxylic acids is 2. The number of carbonyl (C=O) groups is 2. The molecule has 20 heavy (non-hydrogen) atoms. The van der Waals surface area contributed by atoms with E-state index < -0.39 is 0 Å². The van der Waals surface area contributed by atoms with Gasteiger partial charge < -0.3 is 10.2 Å². The van der Waals surface area contributed by atoms with Crippen LogP contribution < -0.4 is 5.32 Å². The molecular weight excluding hydrogens is 252 g/mol. The van der Waals surface area contributed by atoms with Crippen LogP contribution in [-0.4, -0.2) is 35.3 Å². The molecule has 2 fully saturated rings. The molecular formula is C16H28N2O2. The van der Waals surface area contributed by atoms with E-state index in [4.69, 9.17) is 0 Å². The number of rotatable bonds is 5. The zero-order valence-electron chi connectivity index (χ0n) is 12.9. The highest BCUT2D eigenvalue weighted by Crippen LogP contribution is 2.29.